The summed E-state index contributed by atoms with van der Waals surface area (Å²) >= 11 is 2.98. The fourth-order valence-corrected chi connectivity index (χ4v) is 1.89. The van der Waals surface area contributed by atoms with Gasteiger partial charge in [-0.15, -0.1) is 0 Å². The number of imidazole rings is 1. The molecule has 6 heteroatoms. The lowest BCUT2D eigenvalue weighted by Gasteiger charge is -2.06. The molecule has 0 fully saturated rings. The first kappa shape index (κ1) is 12.0. The van der Waals surface area contributed by atoms with E-state index >= 15 is 0 Å². The van der Waals surface area contributed by atoms with Crippen LogP contribution in [-0.4, -0.2) is 9.13 Å². The van der Waals surface area contributed by atoms with Crippen LogP contribution in [-0.2, 0) is 13.6 Å². The van der Waals surface area contributed by atoms with Gasteiger partial charge in [0.1, 0.15) is 11.6 Å². The second kappa shape index (κ2) is 4.44. The summed E-state index contributed by atoms with van der Waals surface area (Å²) in [7, 11) is 1.58. The van der Waals surface area contributed by atoms with Crippen molar-refractivity contribution in [2.75, 3.05) is 0 Å². The summed E-state index contributed by atoms with van der Waals surface area (Å²) in [4.78, 5) is 11.5. The molecule has 2 aromatic rings. The van der Waals surface area contributed by atoms with Crippen molar-refractivity contribution in [3.8, 4) is 0 Å². The minimum Gasteiger partial charge on any atom is -0.302 e. The van der Waals surface area contributed by atoms with Gasteiger partial charge in [0.2, 0.25) is 0 Å². The Morgan fingerprint density at radius 1 is 1.29 bits per heavy atom. The lowest BCUT2D eigenvalue weighted by Crippen LogP contribution is -2.23. The zero-order chi connectivity index (χ0) is 12.6. The Bertz CT molecular complexity index is 618. The van der Waals surface area contributed by atoms with Gasteiger partial charge in [-0.3, -0.25) is 4.57 Å². The van der Waals surface area contributed by atoms with E-state index in [9.17, 15) is 13.6 Å². The fourth-order valence-electron chi connectivity index (χ4n) is 1.52. The maximum atomic E-state index is 13.7. The predicted molar refractivity (Wildman–Crippen MR) is 62.8 cm³/mol. The SMILES string of the molecule is Cn1ccn(Cc2c(F)ccc(Br)c2F)c1=O. The molecule has 0 aliphatic carbocycles. The van der Waals surface area contributed by atoms with Crippen molar-refractivity contribution in [1.82, 2.24) is 9.13 Å². The van der Waals surface area contributed by atoms with E-state index in [0.717, 1.165) is 6.07 Å². The van der Waals surface area contributed by atoms with Crippen LogP contribution >= 0.6 is 15.9 Å². The first-order valence-corrected chi connectivity index (χ1v) is 5.64. The highest BCUT2D eigenvalue weighted by molar-refractivity contribution is 9.10. The van der Waals surface area contributed by atoms with E-state index in [-0.39, 0.29) is 22.3 Å². The van der Waals surface area contributed by atoms with Gasteiger partial charge in [-0.25, -0.2) is 13.6 Å². The maximum absolute atomic E-state index is 13.7. The summed E-state index contributed by atoms with van der Waals surface area (Å²) in [6.45, 7) is -0.128. The topological polar surface area (TPSA) is 26.9 Å². The van der Waals surface area contributed by atoms with Crippen molar-refractivity contribution in [3.63, 3.8) is 0 Å². The van der Waals surface area contributed by atoms with Gasteiger partial charge in [-0.05, 0) is 28.1 Å². The van der Waals surface area contributed by atoms with Crippen LogP contribution in [0, 0.1) is 11.6 Å². The first-order chi connectivity index (χ1) is 8.00. The summed E-state index contributed by atoms with van der Waals surface area (Å²) in [5, 5.41) is 0. The molecule has 1 heterocycles. The van der Waals surface area contributed by atoms with Gasteiger partial charge in [-0.1, -0.05) is 0 Å². The van der Waals surface area contributed by atoms with Crippen LogP contribution in [0.15, 0.2) is 33.8 Å². The molecule has 0 saturated heterocycles. The fraction of sp³-hybridized carbons (Fsp3) is 0.182. The van der Waals surface area contributed by atoms with Crippen molar-refractivity contribution < 1.29 is 8.78 Å². The number of nitrogens with zero attached hydrogens (tertiary/aromatic N) is 2. The molecule has 0 N–H and O–H groups in total. The van der Waals surface area contributed by atoms with Crippen LogP contribution in [0.2, 0.25) is 0 Å². The van der Waals surface area contributed by atoms with Crippen molar-refractivity contribution in [1.29, 1.82) is 0 Å². The molecule has 0 aliphatic rings. The monoisotopic (exact) mass is 302 g/mol. The zero-order valence-electron chi connectivity index (χ0n) is 8.95. The van der Waals surface area contributed by atoms with Crippen LogP contribution in [0.5, 0.6) is 0 Å². The molecule has 3 nitrogen and oxygen atoms in total. The molecular formula is C11H9BrF2N2O. The lowest BCUT2D eigenvalue weighted by molar-refractivity contribution is 0.536. The summed E-state index contributed by atoms with van der Waals surface area (Å²) in [6.07, 6.45) is 3.03. The smallest absolute Gasteiger partial charge is 0.302 e. The van der Waals surface area contributed by atoms with E-state index in [4.69, 9.17) is 0 Å². The van der Waals surface area contributed by atoms with E-state index in [0.29, 0.717) is 0 Å². The Balaban J connectivity index is 2.46. The van der Waals surface area contributed by atoms with Crippen LogP contribution in [0.25, 0.3) is 0 Å². The quantitative estimate of drug-likeness (QED) is 0.782. The zero-order valence-corrected chi connectivity index (χ0v) is 10.5. The Morgan fingerprint density at radius 2 is 2.00 bits per heavy atom. The summed E-state index contributed by atoms with van der Waals surface area (Å²) in [6, 6.07) is 2.46. The minimum absolute atomic E-state index is 0.128. The summed E-state index contributed by atoms with van der Waals surface area (Å²) in [5.41, 5.74) is -0.448. The second-order valence-corrected chi connectivity index (χ2v) is 4.50. The highest BCUT2D eigenvalue weighted by Crippen LogP contribution is 2.21. The molecule has 1 aromatic heterocycles. The molecule has 90 valence electrons. The molecule has 0 radical (unpaired) electrons. The number of rotatable bonds is 2. The molecule has 0 bridgehead atoms. The van der Waals surface area contributed by atoms with Crippen LogP contribution in [0.3, 0.4) is 0 Å². The van der Waals surface area contributed by atoms with Gasteiger partial charge in [0.15, 0.2) is 0 Å². The molecule has 1 aromatic carbocycles. The third-order valence-electron chi connectivity index (χ3n) is 2.49. The number of aryl methyl sites for hydroxylation is 1. The highest BCUT2D eigenvalue weighted by Gasteiger charge is 2.13. The van der Waals surface area contributed by atoms with E-state index < -0.39 is 11.6 Å². The number of aromatic nitrogens is 2. The third-order valence-corrected chi connectivity index (χ3v) is 3.10. The average molecular weight is 303 g/mol. The Morgan fingerprint density at radius 3 is 2.59 bits per heavy atom. The Labute approximate surface area is 104 Å². The van der Waals surface area contributed by atoms with E-state index in [1.165, 1.54) is 27.6 Å². The van der Waals surface area contributed by atoms with E-state index in [1.807, 2.05) is 0 Å². The van der Waals surface area contributed by atoms with Gasteiger partial charge >= 0.3 is 5.69 Å². The largest absolute Gasteiger partial charge is 0.328 e. The molecule has 0 aliphatic heterocycles. The average Bonchev–Trinajstić information content (AvgIpc) is 2.61. The van der Waals surface area contributed by atoms with Gasteiger partial charge in [0, 0.05) is 25.0 Å². The van der Waals surface area contributed by atoms with Crippen molar-refractivity contribution in [3.05, 3.63) is 56.7 Å². The standard InChI is InChI=1S/C11H9BrF2N2O/c1-15-4-5-16(11(15)17)6-7-9(13)3-2-8(12)10(7)14/h2-5H,6H2,1H3. The normalized spacial score (nSPS) is 10.8. The number of hydrogen-bond donors (Lipinski definition) is 0. The molecule has 17 heavy (non-hydrogen) atoms. The minimum atomic E-state index is -0.680. The van der Waals surface area contributed by atoms with Gasteiger partial charge in [-0.2, -0.15) is 0 Å². The predicted octanol–water partition coefficient (Wildman–Crippen LogP) is 2.28. The molecule has 2 rings (SSSR count). The molecule has 0 amide bonds. The van der Waals surface area contributed by atoms with Crippen LogP contribution < -0.4 is 5.69 Å². The van der Waals surface area contributed by atoms with E-state index in [1.54, 1.807) is 7.05 Å². The number of hydrogen-bond acceptors (Lipinski definition) is 1. The second-order valence-electron chi connectivity index (χ2n) is 3.64. The van der Waals surface area contributed by atoms with Crippen LogP contribution in [0.1, 0.15) is 5.56 Å². The third kappa shape index (κ3) is 2.17. The highest BCUT2D eigenvalue weighted by atomic mass is 79.9. The lowest BCUT2D eigenvalue weighted by atomic mass is 10.2. The number of halogens is 3. The molecular weight excluding hydrogens is 294 g/mol. The number of benzene rings is 1. The van der Waals surface area contributed by atoms with Crippen molar-refractivity contribution >= 4 is 15.9 Å². The van der Waals surface area contributed by atoms with Crippen LogP contribution in [0.4, 0.5) is 8.78 Å². The first-order valence-electron chi connectivity index (χ1n) is 4.85. The van der Waals surface area contributed by atoms with Gasteiger partial charge in [0.05, 0.1) is 11.0 Å². The van der Waals surface area contributed by atoms with Crippen molar-refractivity contribution in [2.45, 2.75) is 6.54 Å². The Kier molecular flexibility index (Phi) is 3.15. The molecule has 0 saturated carbocycles. The molecule has 0 atom stereocenters. The van der Waals surface area contributed by atoms with E-state index in [2.05, 4.69) is 15.9 Å². The Hall–Kier alpha value is -1.43. The molecule has 0 unspecified atom stereocenters. The van der Waals surface area contributed by atoms with Gasteiger partial charge in [0.25, 0.3) is 0 Å². The van der Waals surface area contributed by atoms with Crippen molar-refractivity contribution in [2.24, 2.45) is 7.05 Å². The summed E-state index contributed by atoms with van der Waals surface area (Å²) < 4.78 is 29.9. The van der Waals surface area contributed by atoms with Gasteiger partial charge < -0.3 is 4.57 Å². The summed E-state index contributed by atoms with van der Waals surface area (Å²) in [5.74, 6) is -1.35. The maximum Gasteiger partial charge on any atom is 0.328 e. The molecule has 0 spiro atoms.